The Bertz CT molecular complexity index is 185. The first kappa shape index (κ1) is 6.61. The van der Waals surface area contributed by atoms with Gasteiger partial charge in [-0.25, -0.2) is 0 Å². The molecule has 8 heavy (non-hydrogen) atoms. The van der Waals surface area contributed by atoms with Crippen LogP contribution in [0.25, 0.3) is 0 Å². The van der Waals surface area contributed by atoms with Gasteiger partial charge in [0.2, 0.25) is 0 Å². The normalized spacial score (nSPS) is 22.8. The Morgan fingerprint density at radius 3 is 2.00 bits per heavy atom. The summed E-state index contributed by atoms with van der Waals surface area (Å²) in [5.41, 5.74) is 0. The van der Waals surface area contributed by atoms with Crippen LogP contribution in [0.15, 0.2) is 23.1 Å². The average molecular weight is 211 g/mol. The Morgan fingerprint density at radius 2 is 1.75 bits per heavy atom. The van der Waals surface area contributed by atoms with Crippen molar-refractivity contribution >= 4 is 35.9 Å². The summed E-state index contributed by atoms with van der Waals surface area (Å²) in [6, 6.07) is 0. The van der Waals surface area contributed by atoms with E-state index >= 15 is 0 Å². The van der Waals surface area contributed by atoms with Gasteiger partial charge in [0.1, 0.15) is 0 Å². The molecule has 0 aliphatic carbocycles. The van der Waals surface area contributed by atoms with Crippen LogP contribution >= 0.6 is 19.9 Å². The maximum absolute atomic E-state index is 5.82. The van der Waals surface area contributed by atoms with Gasteiger partial charge in [0.25, 0.3) is 0 Å². The molecular formula is C5H5AsCl2. The Morgan fingerprint density at radius 1 is 1.00 bits per heavy atom. The molecule has 0 fully saturated rings. The Hall–Kier alpha value is 0.488. The van der Waals surface area contributed by atoms with Crippen LogP contribution in [0, 0.1) is 0 Å². The van der Waals surface area contributed by atoms with Gasteiger partial charge in [0.15, 0.2) is 0 Å². The molecule has 0 bridgehead atoms. The third-order valence-corrected chi connectivity index (χ3v) is 5.52. The predicted octanol–water partition coefficient (Wildman–Crippen LogP) is 1.96. The van der Waals surface area contributed by atoms with E-state index in [1.807, 2.05) is 27.9 Å². The number of hydrogen-bond acceptors (Lipinski definition) is 0. The van der Waals surface area contributed by atoms with E-state index in [4.69, 9.17) is 19.9 Å². The van der Waals surface area contributed by atoms with Crippen molar-refractivity contribution in [2.75, 3.05) is 0 Å². The Labute approximate surface area is 59.1 Å². The fourth-order valence-corrected chi connectivity index (χ4v) is 3.38. The molecule has 1 aliphatic rings. The molecule has 0 atom stereocenters. The van der Waals surface area contributed by atoms with E-state index in [1.54, 1.807) is 0 Å². The third-order valence-electron chi connectivity index (χ3n) is 0.792. The third kappa shape index (κ3) is 1.78. The second-order valence-electron chi connectivity index (χ2n) is 1.48. The van der Waals surface area contributed by atoms with Crippen LogP contribution in [0.5, 0.6) is 0 Å². The van der Waals surface area contributed by atoms with E-state index in [2.05, 4.69) is 0 Å². The van der Waals surface area contributed by atoms with Crippen molar-refractivity contribution in [2.24, 2.45) is 0 Å². The molecule has 0 spiro atoms. The van der Waals surface area contributed by atoms with Gasteiger partial charge in [-0.05, 0) is 0 Å². The monoisotopic (exact) mass is 210 g/mol. The van der Waals surface area contributed by atoms with Gasteiger partial charge < -0.3 is 0 Å². The van der Waals surface area contributed by atoms with Gasteiger partial charge in [-0.3, -0.25) is 0 Å². The van der Waals surface area contributed by atoms with Crippen molar-refractivity contribution in [3.05, 3.63) is 23.1 Å². The summed E-state index contributed by atoms with van der Waals surface area (Å²) >= 11 is -2.34. The summed E-state index contributed by atoms with van der Waals surface area (Å²) in [6.45, 7) is 0. The van der Waals surface area contributed by atoms with Gasteiger partial charge in [0.05, 0.1) is 0 Å². The zero-order valence-electron chi connectivity index (χ0n) is 4.09. The molecule has 0 amide bonds. The molecular weight excluding hydrogens is 206 g/mol. The standard InChI is InChI=1S/C5H5AsCl2/c7-6(8)4-2-1-3-5-6/h1-5H. The van der Waals surface area contributed by atoms with Crippen molar-refractivity contribution in [1.29, 1.82) is 0 Å². The SMILES string of the molecule is Cl[As]1(Cl)=CC=CC=C1. The van der Waals surface area contributed by atoms with E-state index in [1.165, 1.54) is 0 Å². The van der Waals surface area contributed by atoms with Gasteiger partial charge in [-0.2, -0.15) is 0 Å². The summed E-state index contributed by atoms with van der Waals surface area (Å²) < 4.78 is 0. The summed E-state index contributed by atoms with van der Waals surface area (Å²) in [6.07, 6.45) is 5.71. The zero-order valence-corrected chi connectivity index (χ0v) is 7.48. The second kappa shape index (κ2) is 2.39. The fraction of sp³-hybridized carbons (Fsp3) is 0. The van der Waals surface area contributed by atoms with Crippen molar-refractivity contribution in [3.63, 3.8) is 0 Å². The maximum atomic E-state index is 5.82. The van der Waals surface area contributed by atoms with Crippen LogP contribution in [-0.4, -0.2) is 16.0 Å². The van der Waals surface area contributed by atoms with Crippen LogP contribution in [0.3, 0.4) is 0 Å². The van der Waals surface area contributed by atoms with E-state index < -0.39 is 11.2 Å². The van der Waals surface area contributed by atoms with E-state index in [-0.39, 0.29) is 0 Å². The molecule has 0 aromatic heterocycles. The molecule has 0 radical (unpaired) electrons. The first-order chi connectivity index (χ1) is 3.71. The van der Waals surface area contributed by atoms with Gasteiger partial charge in [0, 0.05) is 0 Å². The molecule has 1 heterocycles. The Kier molecular flexibility index (Phi) is 1.97. The summed E-state index contributed by atoms with van der Waals surface area (Å²) in [5, 5.41) is 0. The first-order valence-electron chi connectivity index (χ1n) is 2.19. The van der Waals surface area contributed by atoms with E-state index in [9.17, 15) is 0 Å². The quantitative estimate of drug-likeness (QED) is 0.537. The minimum atomic E-state index is -2.34. The molecule has 0 aromatic carbocycles. The summed E-state index contributed by atoms with van der Waals surface area (Å²) in [5.74, 6) is 0. The summed E-state index contributed by atoms with van der Waals surface area (Å²) in [7, 11) is 11.6. The molecule has 0 aromatic rings. The van der Waals surface area contributed by atoms with Crippen LogP contribution < -0.4 is 0 Å². The topological polar surface area (TPSA) is 0 Å². The average Bonchev–Trinajstić information content (AvgIpc) is 1.65. The van der Waals surface area contributed by atoms with E-state index in [0.717, 1.165) is 0 Å². The van der Waals surface area contributed by atoms with Crippen LogP contribution in [0.2, 0.25) is 0 Å². The fourth-order valence-electron chi connectivity index (χ4n) is 0.443. The number of rotatable bonds is 0. The van der Waals surface area contributed by atoms with Crippen LogP contribution in [0.1, 0.15) is 0 Å². The predicted molar refractivity (Wildman–Crippen MR) is 41.8 cm³/mol. The van der Waals surface area contributed by atoms with Crippen LogP contribution in [-0.2, 0) is 0 Å². The molecule has 0 saturated heterocycles. The van der Waals surface area contributed by atoms with Gasteiger partial charge in [-0.1, -0.05) is 0 Å². The minimum absolute atomic E-state index is 1.89. The first-order valence-corrected chi connectivity index (χ1v) is 9.29. The zero-order chi connectivity index (χ0) is 6.04. The summed E-state index contributed by atoms with van der Waals surface area (Å²) in [4.78, 5) is 3.78. The Balaban J connectivity index is 3.00. The van der Waals surface area contributed by atoms with Crippen molar-refractivity contribution in [2.45, 2.75) is 0 Å². The molecule has 44 valence electrons. The van der Waals surface area contributed by atoms with E-state index in [0.29, 0.717) is 0 Å². The van der Waals surface area contributed by atoms with Crippen molar-refractivity contribution in [3.8, 4) is 0 Å². The number of allylic oxidation sites excluding steroid dienone is 3. The molecule has 3 heteroatoms. The van der Waals surface area contributed by atoms with Crippen molar-refractivity contribution in [1.82, 2.24) is 0 Å². The molecule has 0 N–H and O–H groups in total. The second-order valence-corrected chi connectivity index (χ2v) is 12.0. The van der Waals surface area contributed by atoms with Gasteiger partial charge >= 0.3 is 59.0 Å². The molecule has 0 saturated carbocycles. The van der Waals surface area contributed by atoms with Crippen LogP contribution in [0.4, 0.5) is 0 Å². The molecule has 0 nitrogen and oxygen atoms in total. The van der Waals surface area contributed by atoms with Crippen molar-refractivity contribution < 1.29 is 0 Å². The molecule has 1 aliphatic heterocycles. The number of halogens is 2. The number of hydrogen-bond donors (Lipinski definition) is 0. The molecule has 0 unspecified atom stereocenters. The van der Waals surface area contributed by atoms with Gasteiger partial charge in [-0.15, -0.1) is 0 Å². The molecule has 1 rings (SSSR count).